The summed E-state index contributed by atoms with van der Waals surface area (Å²) in [6.45, 7) is 5.31. The van der Waals surface area contributed by atoms with E-state index in [0.29, 0.717) is 5.92 Å². The van der Waals surface area contributed by atoms with Crippen molar-refractivity contribution in [1.29, 1.82) is 0 Å². The highest BCUT2D eigenvalue weighted by Crippen LogP contribution is 2.30. The molecule has 17 heavy (non-hydrogen) atoms. The maximum atomic E-state index is 6.34. The molecule has 4 heteroatoms. The fourth-order valence-corrected chi connectivity index (χ4v) is 2.96. The first-order chi connectivity index (χ1) is 8.20. The number of aromatic nitrogens is 3. The van der Waals surface area contributed by atoms with E-state index in [0.717, 1.165) is 24.7 Å². The third-order valence-electron chi connectivity index (χ3n) is 4.00. The summed E-state index contributed by atoms with van der Waals surface area (Å²) in [5.41, 5.74) is 6.34. The van der Waals surface area contributed by atoms with Crippen LogP contribution in [0.2, 0.25) is 0 Å². The second-order valence-electron chi connectivity index (χ2n) is 5.39. The lowest BCUT2D eigenvalue weighted by Crippen LogP contribution is -2.36. The fourth-order valence-electron chi connectivity index (χ4n) is 2.96. The van der Waals surface area contributed by atoms with E-state index in [2.05, 4.69) is 23.9 Å². The van der Waals surface area contributed by atoms with Crippen LogP contribution in [0.3, 0.4) is 0 Å². The SMILES string of the molecule is CCn1ncnc1CC(N)C1CCCC(C)C1. The molecule has 1 fully saturated rings. The number of hydrogen-bond donors (Lipinski definition) is 1. The predicted molar refractivity (Wildman–Crippen MR) is 68.5 cm³/mol. The molecule has 0 aromatic carbocycles. The molecule has 1 aliphatic rings. The van der Waals surface area contributed by atoms with Crippen LogP contribution in [0.15, 0.2) is 6.33 Å². The first-order valence-electron chi connectivity index (χ1n) is 6.83. The van der Waals surface area contributed by atoms with Gasteiger partial charge in [-0.25, -0.2) is 4.98 Å². The van der Waals surface area contributed by atoms with Gasteiger partial charge in [-0.05, 0) is 31.6 Å². The van der Waals surface area contributed by atoms with Gasteiger partial charge in [-0.3, -0.25) is 4.68 Å². The van der Waals surface area contributed by atoms with Crippen molar-refractivity contribution >= 4 is 0 Å². The van der Waals surface area contributed by atoms with Crippen LogP contribution in [0.4, 0.5) is 0 Å². The van der Waals surface area contributed by atoms with Crippen molar-refractivity contribution in [2.45, 2.75) is 58.5 Å². The average Bonchev–Trinajstić information content (AvgIpc) is 2.76. The van der Waals surface area contributed by atoms with Gasteiger partial charge in [0.1, 0.15) is 12.2 Å². The van der Waals surface area contributed by atoms with E-state index < -0.39 is 0 Å². The summed E-state index contributed by atoms with van der Waals surface area (Å²) in [6.07, 6.45) is 7.77. The lowest BCUT2D eigenvalue weighted by molar-refractivity contribution is 0.243. The molecule has 3 unspecified atom stereocenters. The second kappa shape index (κ2) is 5.63. The summed E-state index contributed by atoms with van der Waals surface area (Å²) in [6, 6.07) is 0.243. The zero-order valence-corrected chi connectivity index (χ0v) is 11.0. The van der Waals surface area contributed by atoms with E-state index in [-0.39, 0.29) is 6.04 Å². The summed E-state index contributed by atoms with van der Waals surface area (Å²) in [7, 11) is 0. The maximum Gasteiger partial charge on any atom is 0.138 e. The standard InChI is InChI=1S/C13H24N4/c1-3-17-13(15-9-16-17)8-12(14)11-6-4-5-10(2)7-11/h9-12H,3-8,14H2,1-2H3. The third kappa shape index (κ3) is 3.06. The molecule has 0 radical (unpaired) electrons. The molecule has 0 bridgehead atoms. The zero-order chi connectivity index (χ0) is 12.3. The largest absolute Gasteiger partial charge is 0.327 e. The Kier molecular flexibility index (Phi) is 4.15. The molecule has 3 atom stereocenters. The molecular formula is C13H24N4. The number of nitrogens with two attached hydrogens (primary N) is 1. The van der Waals surface area contributed by atoms with Crippen LogP contribution in [0.5, 0.6) is 0 Å². The van der Waals surface area contributed by atoms with Crippen LogP contribution < -0.4 is 5.73 Å². The minimum Gasteiger partial charge on any atom is -0.327 e. The number of nitrogens with zero attached hydrogens (tertiary/aromatic N) is 3. The van der Waals surface area contributed by atoms with Crippen LogP contribution in [-0.2, 0) is 13.0 Å². The molecule has 1 saturated carbocycles. The van der Waals surface area contributed by atoms with E-state index >= 15 is 0 Å². The molecule has 0 aliphatic heterocycles. The molecule has 1 heterocycles. The molecule has 1 aliphatic carbocycles. The molecular weight excluding hydrogens is 212 g/mol. The molecule has 0 saturated heterocycles. The molecule has 2 rings (SSSR count). The minimum atomic E-state index is 0.243. The van der Waals surface area contributed by atoms with Crippen LogP contribution in [0.1, 0.15) is 45.4 Å². The fraction of sp³-hybridized carbons (Fsp3) is 0.846. The molecule has 1 aromatic heterocycles. The number of hydrogen-bond acceptors (Lipinski definition) is 3. The first-order valence-corrected chi connectivity index (χ1v) is 6.83. The van der Waals surface area contributed by atoms with E-state index in [4.69, 9.17) is 5.73 Å². The highest BCUT2D eigenvalue weighted by atomic mass is 15.3. The monoisotopic (exact) mass is 236 g/mol. The number of aryl methyl sites for hydroxylation is 1. The first kappa shape index (κ1) is 12.6. The van der Waals surface area contributed by atoms with E-state index in [1.807, 2.05) is 4.68 Å². The molecule has 1 aromatic rings. The van der Waals surface area contributed by atoms with Crippen molar-refractivity contribution in [2.24, 2.45) is 17.6 Å². The van der Waals surface area contributed by atoms with Crippen LogP contribution >= 0.6 is 0 Å². The van der Waals surface area contributed by atoms with E-state index in [9.17, 15) is 0 Å². The lowest BCUT2D eigenvalue weighted by Gasteiger charge is -2.31. The van der Waals surface area contributed by atoms with Crippen molar-refractivity contribution in [3.05, 3.63) is 12.2 Å². The highest BCUT2D eigenvalue weighted by Gasteiger charge is 2.25. The van der Waals surface area contributed by atoms with Gasteiger partial charge < -0.3 is 5.73 Å². The van der Waals surface area contributed by atoms with Gasteiger partial charge in [0.15, 0.2) is 0 Å². The smallest absolute Gasteiger partial charge is 0.138 e. The molecule has 0 spiro atoms. The summed E-state index contributed by atoms with van der Waals surface area (Å²) in [5.74, 6) is 2.54. The van der Waals surface area contributed by atoms with Gasteiger partial charge in [0.2, 0.25) is 0 Å². The summed E-state index contributed by atoms with van der Waals surface area (Å²) in [4.78, 5) is 4.31. The van der Waals surface area contributed by atoms with Crippen LogP contribution in [0.25, 0.3) is 0 Å². The third-order valence-corrected chi connectivity index (χ3v) is 4.00. The van der Waals surface area contributed by atoms with Crippen molar-refractivity contribution in [1.82, 2.24) is 14.8 Å². The Balaban J connectivity index is 1.94. The summed E-state index contributed by atoms with van der Waals surface area (Å²) < 4.78 is 1.95. The van der Waals surface area contributed by atoms with Gasteiger partial charge in [0.05, 0.1) is 0 Å². The Morgan fingerprint density at radius 2 is 2.35 bits per heavy atom. The lowest BCUT2D eigenvalue weighted by atomic mass is 9.78. The Bertz CT molecular complexity index is 347. The van der Waals surface area contributed by atoms with Crippen molar-refractivity contribution in [3.63, 3.8) is 0 Å². The highest BCUT2D eigenvalue weighted by molar-refractivity contribution is 4.92. The van der Waals surface area contributed by atoms with Crippen LogP contribution in [0, 0.1) is 11.8 Å². The Morgan fingerprint density at radius 3 is 3.06 bits per heavy atom. The molecule has 4 nitrogen and oxygen atoms in total. The Labute approximate surface area is 104 Å². The molecule has 2 N–H and O–H groups in total. The second-order valence-corrected chi connectivity index (χ2v) is 5.39. The normalized spacial score (nSPS) is 27.0. The van der Waals surface area contributed by atoms with Crippen molar-refractivity contribution < 1.29 is 0 Å². The van der Waals surface area contributed by atoms with E-state index in [1.165, 1.54) is 25.7 Å². The van der Waals surface area contributed by atoms with Gasteiger partial charge in [-0.1, -0.05) is 19.8 Å². The van der Waals surface area contributed by atoms with Crippen molar-refractivity contribution in [2.75, 3.05) is 0 Å². The van der Waals surface area contributed by atoms with Crippen molar-refractivity contribution in [3.8, 4) is 0 Å². The summed E-state index contributed by atoms with van der Waals surface area (Å²) >= 11 is 0. The van der Waals surface area contributed by atoms with E-state index in [1.54, 1.807) is 6.33 Å². The molecule has 0 amide bonds. The molecule has 96 valence electrons. The Morgan fingerprint density at radius 1 is 1.53 bits per heavy atom. The Hall–Kier alpha value is -0.900. The average molecular weight is 236 g/mol. The van der Waals surface area contributed by atoms with Gasteiger partial charge in [-0.2, -0.15) is 5.10 Å². The van der Waals surface area contributed by atoms with Gasteiger partial charge in [0.25, 0.3) is 0 Å². The predicted octanol–water partition coefficient (Wildman–Crippen LogP) is 1.99. The minimum absolute atomic E-state index is 0.243. The van der Waals surface area contributed by atoms with Crippen LogP contribution in [-0.4, -0.2) is 20.8 Å². The van der Waals surface area contributed by atoms with Gasteiger partial charge in [0, 0.05) is 19.0 Å². The quantitative estimate of drug-likeness (QED) is 0.870. The summed E-state index contributed by atoms with van der Waals surface area (Å²) in [5, 5.41) is 4.20. The number of rotatable bonds is 4. The van der Waals surface area contributed by atoms with Gasteiger partial charge >= 0.3 is 0 Å². The zero-order valence-electron chi connectivity index (χ0n) is 11.0. The van der Waals surface area contributed by atoms with Gasteiger partial charge in [-0.15, -0.1) is 0 Å². The topological polar surface area (TPSA) is 56.7 Å². The maximum absolute atomic E-state index is 6.34.